The molecule has 2 heterocycles. The highest BCUT2D eigenvalue weighted by Gasteiger charge is 2.48. The molecule has 0 radical (unpaired) electrons. The van der Waals surface area contributed by atoms with Gasteiger partial charge in [0.1, 0.15) is 53.9 Å². The van der Waals surface area contributed by atoms with E-state index in [1.807, 2.05) is 0 Å². The lowest BCUT2D eigenvalue weighted by molar-refractivity contribution is -0.323. The van der Waals surface area contributed by atoms with Gasteiger partial charge in [-0.3, -0.25) is 0 Å². The van der Waals surface area contributed by atoms with Gasteiger partial charge in [0.15, 0.2) is 17.8 Å². The van der Waals surface area contributed by atoms with E-state index in [-0.39, 0.29) is 26.6 Å². The summed E-state index contributed by atoms with van der Waals surface area (Å²) in [5, 5.41) is 70.2. The van der Waals surface area contributed by atoms with Crippen LogP contribution in [0.25, 0.3) is 0 Å². The van der Waals surface area contributed by atoms with Crippen molar-refractivity contribution in [2.45, 2.75) is 68.3 Å². The Kier molecular flexibility index (Phi) is 9.71. The summed E-state index contributed by atoms with van der Waals surface area (Å²) in [5.74, 6) is -0.105. The van der Waals surface area contributed by atoms with E-state index in [0.717, 1.165) is 0 Å². The lowest BCUT2D eigenvalue weighted by Crippen LogP contribution is -2.62. The van der Waals surface area contributed by atoms with Crippen molar-refractivity contribution in [3.8, 4) is 11.5 Å². The van der Waals surface area contributed by atoms with E-state index in [1.165, 1.54) is 7.11 Å². The van der Waals surface area contributed by atoms with Crippen LogP contribution >= 0.6 is 34.8 Å². The first-order valence-corrected chi connectivity index (χ1v) is 11.6. The Bertz CT molecular complexity index is 890. The van der Waals surface area contributed by atoms with Crippen molar-refractivity contribution in [1.29, 1.82) is 0 Å². The molecule has 200 valence electrons. The van der Waals surface area contributed by atoms with Crippen molar-refractivity contribution in [3.63, 3.8) is 0 Å². The number of aliphatic hydroxyl groups is 7. The van der Waals surface area contributed by atoms with Crippen LogP contribution in [0.4, 0.5) is 0 Å². The molecule has 2 fully saturated rings. The third-order valence-corrected chi connectivity index (χ3v) is 7.09. The van der Waals surface area contributed by atoms with Crippen LogP contribution in [0.5, 0.6) is 11.5 Å². The van der Waals surface area contributed by atoms with Crippen LogP contribution in [0, 0.1) is 6.92 Å². The number of hydrogen-bond donors (Lipinski definition) is 7. The third kappa shape index (κ3) is 5.60. The van der Waals surface area contributed by atoms with Crippen LogP contribution < -0.4 is 9.47 Å². The molecule has 10 atom stereocenters. The minimum absolute atomic E-state index is 0.00803. The Morgan fingerprint density at radius 3 is 1.80 bits per heavy atom. The van der Waals surface area contributed by atoms with E-state index in [1.54, 1.807) is 6.92 Å². The third-order valence-electron chi connectivity index (χ3n) is 5.84. The molecule has 1 aromatic carbocycles. The molecule has 0 bridgehead atoms. The van der Waals surface area contributed by atoms with E-state index in [4.69, 9.17) is 58.5 Å². The quantitative estimate of drug-likeness (QED) is 0.213. The summed E-state index contributed by atoms with van der Waals surface area (Å²) in [6.45, 7) is 0.377. The van der Waals surface area contributed by atoms with Gasteiger partial charge in [0.2, 0.25) is 6.29 Å². The first-order chi connectivity index (χ1) is 16.4. The smallest absolute Gasteiger partial charge is 0.229 e. The maximum absolute atomic E-state index is 10.4. The molecule has 35 heavy (non-hydrogen) atoms. The summed E-state index contributed by atoms with van der Waals surface area (Å²) in [7, 11) is 1.32. The molecule has 15 heteroatoms. The molecule has 3 rings (SSSR count). The van der Waals surface area contributed by atoms with Crippen molar-refractivity contribution in [2.75, 3.05) is 20.3 Å². The van der Waals surface area contributed by atoms with Crippen molar-refractivity contribution in [2.24, 2.45) is 0 Å². The van der Waals surface area contributed by atoms with Crippen LogP contribution in [0.3, 0.4) is 0 Å². The first-order valence-electron chi connectivity index (χ1n) is 10.4. The van der Waals surface area contributed by atoms with Crippen molar-refractivity contribution >= 4 is 34.8 Å². The Morgan fingerprint density at radius 2 is 1.23 bits per heavy atom. The fourth-order valence-electron chi connectivity index (χ4n) is 3.68. The maximum atomic E-state index is 10.4. The predicted octanol–water partition coefficient (Wildman–Crippen LogP) is -1.03. The Balaban J connectivity index is 1.77. The Hall–Kier alpha value is -0.710. The summed E-state index contributed by atoms with van der Waals surface area (Å²) in [6.07, 6.45) is -15.8. The largest absolute Gasteiger partial charge is 0.493 e. The topological polar surface area (TPSA) is 188 Å². The molecule has 1 aromatic rings. The van der Waals surface area contributed by atoms with Gasteiger partial charge >= 0.3 is 0 Å². The van der Waals surface area contributed by atoms with Crippen LogP contribution in [0.15, 0.2) is 0 Å². The molecule has 0 saturated carbocycles. The summed E-state index contributed by atoms with van der Waals surface area (Å²) in [4.78, 5) is 0. The lowest BCUT2D eigenvalue weighted by Gasteiger charge is -2.42. The molecular formula is C20H27Cl3O12. The zero-order valence-electron chi connectivity index (χ0n) is 18.5. The second kappa shape index (κ2) is 11.8. The number of methoxy groups -OCH3 is 1. The molecule has 2 aliphatic heterocycles. The lowest BCUT2D eigenvalue weighted by atomic mass is 9.98. The van der Waals surface area contributed by atoms with Gasteiger partial charge in [0.25, 0.3) is 0 Å². The highest BCUT2D eigenvalue weighted by atomic mass is 35.5. The van der Waals surface area contributed by atoms with Gasteiger partial charge in [0, 0.05) is 0 Å². The fourth-order valence-corrected chi connectivity index (χ4v) is 4.63. The zero-order valence-corrected chi connectivity index (χ0v) is 20.8. The van der Waals surface area contributed by atoms with Crippen LogP contribution in [0.2, 0.25) is 15.1 Å². The number of benzene rings is 1. The minimum Gasteiger partial charge on any atom is -0.493 e. The highest BCUT2D eigenvalue weighted by Crippen LogP contribution is 2.48. The summed E-state index contributed by atoms with van der Waals surface area (Å²) in [6, 6.07) is 0. The molecule has 0 aromatic heterocycles. The molecule has 0 spiro atoms. The van der Waals surface area contributed by atoms with E-state index in [0.29, 0.717) is 5.56 Å². The van der Waals surface area contributed by atoms with Crippen molar-refractivity contribution in [3.05, 3.63) is 20.6 Å². The standard InChI is InChI=1S/C20H27Cl3O12/c1-5-8(21)17(31-2)10(23)18(9(5)22)35-20-16(30)14(28)12(26)7(34-20)4-32-19-15(29)13(27)11(25)6(3-24)33-19/h6-7,11-16,19-20,24-30H,3-4H2,1-2H3/t6-,7-,11-,12-,13+,14+,15-,16-,19-,20+/m1/s1. The van der Waals surface area contributed by atoms with Crippen LogP contribution in [0.1, 0.15) is 5.56 Å². The van der Waals surface area contributed by atoms with E-state index in [2.05, 4.69) is 0 Å². The fraction of sp³-hybridized carbons (Fsp3) is 0.700. The van der Waals surface area contributed by atoms with E-state index >= 15 is 0 Å². The molecular weight excluding hydrogens is 539 g/mol. The molecule has 7 N–H and O–H groups in total. The van der Waals surface area contributed by atoms with Gasteiger partial charge in [-0.05, 0) is 12.5 Å². The number of aliphatic hydroxyl groups excluding tert-OH is 7. The Morgan fingerprint density at radius 1 is 0.714 bits per heavy atom. The maximum Gasteiger partial charge on any atom is 0.229 e. The van der Waals surface area contributed by atoms with Crippen LogP contribution in [-0.2, 0) is 14.2 Å². The number of halogens is 3. The second-order valence-electron chi connectivity index (χ2n) is 8.09. The average Bonchev–Trinajstić information content (AvgIpc) is 2.84. The monoisotopic (exact) mass is 564 g/mol. The summed E-state index contributed by atoms with van der Waals surface area (Å²) in [5.41, 5.74) is 0.359. The van der Waals surface area contributed by atoms with Gasteiger partial charge in [-0.2, -0.15) is 0 Å². The van der Waals surface area contributed by atoms with E-state index < -0.39 is 74.6 Å². The van der Waals surface area contributed by atoms with Gasteiger partial charge in [-0.15, -0.1) is 0 Å². The molecule has 0 unspecified atom stereocenters. The van der Waals surface area contributed by atoms with Crippen molar-refractivity contribution in [1.82, 2.24) is 0 Å². The van der Waals surface area contributed by atoms with Gasteiger partial charge in [-0.25, -0.2) is 0 Å². The number of ether oxygens (including phenoxy) is 5. The van der Waals surface area contributed by atoms with Crippen molar-refractivity contribution < 1.29 is 59.4 Å². The summed E-state index contributed by atoms with van der Waals surface area (Å²) < 4.78 is 27.0. The van der Waals surface area contributed by atoms with Gasteiger partial charge in [-0.1, -0.05) is 34.8 Å². The SMILES string of the molecule is COc1c(Cl)c(C)c(Cl)c(O[C@@H]2O[C@H](CO[C@@H]3O[C@H](CO)[C@@H](O)[C@H](O)[C@H]3O)[C@@H](O)[C@H](O)[C@H]2O)c1Cl. The molecule has 0 amide bonds. The second-order valence-corrected chi connectivity index (χ2v) is 9.23. The first kappa shape index (κ1) is 28.9. The Labute approximate surface area is 215 Å². The molecule has 2 aliphatic rings. The van der Waals surface area contributed by atoms with Crippen LogP contribution in [-0.4, -0.2) is 117 Å². The number of rotatable bonds is 7. The van der Waals surface area contributed by atoms with Gasteiger partial charge in [0.05, 0.1) is 30.4 Å². The zero-order chi connectivity index (χ0) is 26.2. The number of hydrogen-bond acceptors (Lipinski definition) is 12. The molecule has 12 nitrogen and oxygen atoms in total. The minimum atomic E-state index is -1.76. The summed E-state index contributed by atoms with van der Waals surface area (Å²) >= 11 is 18.8. The highest BCUT2D eigenvalue weighted by molar-refractivity contribution is 6.43. The molecule has 2 saturated heterocycles. The van der Waals surface area contributed by atoms with E-state index in [9.17, 15) is 35.7 Å². The normalized spacial score (nSPS) is 37.8. The predicted molar refractivity (Wildman–Crippen MR) is 120 cm³/mol. The average molecular weight is 566 g/mol. The van der Waals surface area contributed by atoms with Gasteiger partial charge < -0.3 is 59.4 Å². The molecule has 0 aliphatic carbocycles.